The van der Waals surface area contributed by atoms with Crippen molar-refractivity contribution < 1.29 is 18.7 Å². The first-order valence-electron chi connectivity index (χ1n) is 12.0. The fraction of sp³-hybridized carbons (Fsp3) is 0.207. The summed E-state index contributed by atoms with van der Waals surface area (Å²) in [6.07, 6.45) is 1.84. The summed E-state index contributed by atoms with van der Waals surface area (Å²) in [6.45, 7) is 3.99. The fourth-order valence-corrected chi connectivity index (χ4v) is 4.87. The van der Waals surface area contributed by atoms with Crippen LogP contribution in [-0.4, -0.2) is 29.3 Å². The molecule has 0 aliphatic carbocycles. The number of pyridine rings is 1. The number of carbonyl (C=O) groups is 1. The molecule has 1 saturated heterocycles. The normalized spacial score (nSPS) is 17.1. The van der Waals surface area contributed by atoms with Crippen molar-refractivity contribution in [2.45, 2.75) is 32.0 Å². The van der Waals surface area contributed by atoms with E-state index < -0.39 is 5.97 Å². The van der Waals surface area contributed by atoms with Crippen molar-refractivity contribution in [2.75, 3.05) is 12.0 Å². The van der Waals surface area contributed by atoms with Crippen LogP contribution in [0.4, 0.5) is 5.69 Å². The van der Waals surface area contributed by atoms with E-state index in [1.165, 1.54) is 7.11 Å². The largest absolute Gasteiger partial charge is 0.491 e. The topological polar surface area (TPSA) is 76.8 Å². The molecule has 5 rings (SSSR count). The average Bonchev–Trinajstić information content (AvgIpc) is 3.53. The second kappa shape index (κ2) is 10.4. The van der Waals surface area contributed by atoms with Crippen molar-refractivity contribution >= 4 is 29.0 Å². The quantitative estimate of drug-likeness (QED) is 0.235. The number of benzene rings is 2. The number of anilines is 1. The lowest BCUT2D eigenvalue weighted by atomic mass is 10.0. The van der Waals surface area contributed by atoms with Crippen molar-refractivity contribution in [2.24, 2.45) is 0 Å². The highest BCUT2D eigenvalue weighted by Crippen LogP contribution is 2.43. The van der Waals surface area contributed by atoms with Crippen molar-refractivity contribution in [3.8, 4) is 17.1 Å². The van der Waals surface area contributed by atoms with Gasteiger partial charge in [0.25, 0.3) is 0 Å². The first-order chi connectivity index (χ1) is 18.0. The number of nitrogens with zero attached hydrogens (tertiary/aromatic N) is 2. The first-order valence-corrected chi connectivity index (χ1v) is 12.4. The third-order valence-corrected chi connectivity index (χ3v) is 6.42. The van der Waals surface area contributed by atoms with Crippen LogP contribution >= 0.6 is 12.2 Å². The molecule has 37 heavy (non-hydrogen) atoms. The van der Waals surface area contributed by atoms with Crippen LogP contribution in [0.5, 0.6) is 5.75 Å². The van der Waals surface area contributed by atoms with Crippen molar-refractivity contribution in [1.29, 1.82) is 0 Å². The van der Waals surface area contributed by atoms with Crippen LogP contribution in [0.15, 0.2) is 89.5 Å². The van der Waals surface area contributed by atoms with E-state index in [9.17, 15) is 4.79 Å². The summed E-state index contributed by atoms with van der Waals surface area (Å²) >= 11 is 5.80. The van der Waals surface area contributed by atoms with Crippen LogP contribution in [0.25, 0.3) is 11.3 Å². The maximum Gasteiger partial charge on any atom is 0.338 e. The van der Waals surface area contributed by atoms with Crippen molar-refractivity contribution in [1.82, 2.24) is 10.3 Å². The van der Waals surface area contributed by atoms with Gasteiger partial charge in [-0.2, -0.15) is 0 Å². The number of hydrogen-bond acceptors (Lipinski definition) is 6. The van der Waals surface area contributed by atoms with Gasteiger partial charge in [0.2, 0.25) is 0 Å². The zero-order chi connectivity index (χ0) is 25.9. The van der Waals surface area contributed by atoms with E-state index in [2.05, 4.69) is 10.3 Å². The van der Waals surface area contributed by atoms with Gasteiger partial charge in [0, 0.05) is 17.4 Å². The maximum atomic E-state index is 12.4. The number of furan rings is 1. The number of methoxy groups -OCH3 is 1. The van der Waals surface area contributed by atoms with E-state index in [1.54, 1.807) is 18.3 Å². The third kappa shape index (κ3) is 4.93. The molecule has 0 bridgehead atoms. The minimum Gasteiger partial charge on any atom is -0.491 e. The molecule has 188 valence electrons. The Bertz CT molecular complexity index is 1400. The molecule has 0 spiro atoms. The van der Waals surface area contributed by atoms with Crippen LogP contribution in [0.2, 0.25) is 0 Å². The second-order valence-corrected chi connectivity index (χ2v) is 9.28. The van der Waals surface area contributed by atoms with E-state index in [0.29, 0.717) is 27.8 Å². The van der Waals surface area contributed by atoms with Gasteiger partial charge >= 0.3 is 5.97 Å². The Morgan fingerprint density at radius 1 is 1.03 bits per heavy atom. The van der Waals surface area contributed by atoms with Gasteiger partial charge in [-0.25, -0.2) is 4.79 Å². The number of carbonyl (C=O) groups excluding carboxylic acids is 1. The number of thiocarbonyl (C=S) groups is 1. The third-order valence-electron chi connectivity index (χ3n) is 6.10. The zero-order valence-electron chi connectivity index (χ0n) is 20.8. The Hall–Kier alpha value is -4.17. The molecule has 0 unspecified atom stereocenters. The first kappa shape index (κ1) is 24.5. The molecular formula is C29H27N3O4S. The molecule has 0 saturated carbocycles. The van der Waals surface area contributed by atoms with E-state index in [-0.39, 0.29) is 18.2 Å². The maximum absolute atomic E-state index is 12.4. The Morgan fingerprint density at radius 3 is 2.49 bits per heavy atom. The summed E-state index contributed by atoms with van der Waals surface area (Å²) in [5.41, 5.74) is 2.82. The van der Waals surface area contributed by atoms with Gasteiger partial charge in [-0.1, -0.05) is 24.3 Å². The molecular weight excluding hydrogens is 486 g/mol. The number of nitrogens with one attached hydrogen (secondary N) is 1. The SMILES string of the molecule is COC(=O)c1ccccc1-c1ccc([C@H]2[C@@H](c3ccccn3)NC(=S)N2c2ccc(OC(C)C)cc2)o1. The molecule has 2 aromatic heterocycles. The van der Waals surface area contributed by atoms with Gasteiger partial charge in [0.05, 0.1) is 30.5 Å². The molecule has 7 nitrogen and oxygen atoms in total. The number of ether oxygens (including phenoxy) is 2. The highest BCUT2D eigenvalue weighted by Gasteiger charge is 2.42. The number of aromatic nitrogens is 1. The molecule has 1 aliphatic rings. The highest BCUT2D eigenvalue weighted by atomic mass is 32.1. The van der Waals surface area contributed by atoms with Crippen LogP contribution in [0, 0.1) is 0 Å². The molecule has 3 heterocycles. The summed E-state index contributed by atoms with van der Waals surface area (Å²) in [5.74, 6) is 1.61. The number of rotatable bonds is 7. The van der Waals surface area contributed by atoms with E-state index in [0.717, 1.165) is 17.1 Å². The fourth-order valence-electron chi connectivity index (χ4n) is 4.52. The monoisotopic (exact) mass is 513 g/mol. The van der Waals surface area contributed by atoms with Crippen LogP contribution < -0.4 is 15.0 Å². The molecule has 2 aromatic carbocycles. The predicted octanol–water partition coefficient (Wildman–Crippen LogP) is 6.09. The highest BCUT2D eigenvalue weighted by molar-refractivity contribution is 7.80. The minimum atomic E-state index is -0.422. The number of hydrogen-bond donors (Lipinski definition) is 1. The molecule has 2 atom stereocenters. The summed E-state index contributed by atoms with van der Waals surface area (Å²) in [7, 11) is 1.37. The molecule has 0 amide bonds. The van der Waals surface area contributed by atoms with Gasteiger partial charge in [0.1, 0.15) is 23.3 Å². The van der Waals surface area contributed by atoms with Gasteiger partial charge < -0.3 is 24.1 Å². The molecule has 8 heteroatoms. The summed E-state index contributed by atoms with van der Waals surface area (Å²) < 4.78 is 17.2. The number of esters is 1. The van der Waals surface area contributed by atoms with Crippen molar-refractivity contribution in [3.05, 3.63) is 102 Å². The van der Waals surface area contributed by atoms with Gasteiger partial charge in [-0.3, -0.25) is 4.98 Å². The van der Waals surface area contributed by atoms with Crippen LogP contribution in [0.3, 0.4) is 0 Å². The van der Waals surface area contributed by atoms with Crippen molar-refractivity contribution in [3.63, 3.8) is 0 Å². The van der Waals surface area contributed by atoms with E-state index in [1.807, 2.05) is 85.5 Å². The molecule has 1 N–H and O–H groups in total. The average molecular weight is 514 g/mol. The molecule has 0 radical (unpaired) electrons. The van der Waals surface area contributed by atoms with E-state index in [4.69, 9.17) is 26.1 Å². The standard InChI is InChI=1S/C29H27N3O4S/c1-18(2)35-20-13-11-19(12-14-20)32-27(26(31-29(32)37)23-10-6-7-17-30-23)25-16-15-24(36-25)21-8-4-5-9-22(21)28(33)34-3/h4-18,26-27H,1-3H3,(H,31,37)/t26-,27+/m1/s1. The predicted molar refractivity (Wildman–Crippen MR) is 146 cm³/mol. The molecule has 1 fully saturated rings. The minimum absolute atomic E-state index is 0.0797. The summed E-state index contributed by atoms with van der Waals surface area (Å²) in [4.78, 5) is 19.0. The Labute approximate surface area is 221 Å². The zero-order valence-corrected chi connectivity index (χ0v) is 21.6. The van der Waals surface area contributed by atoms with Gasteiger partial charge in [-0.15, -0.1) is 0 Å². The van der Waals surface area contributed by atoms with E-state index >= 15 is 0 Å². The Balaban J connectivity index is 1.57. The Morgan fingerprint density at radius 2 is 1.78 bits per heavy atom. The smallest absolute Gasteiger partial charge is 0.338 e. The molecule has 1 aliphatic heterocycles. The second-order valence-electron chi connectivity index (χ2n) is 8.90. The lowest BCUT2D eigenvalue weighted by molar-refractivity contribution is 0.0601. The lowest BCUT2D eigenvalue weighted by Crippen LogP contribution is -2.29. The Kier molecular flexibility index (Phi) is 6.92. The summed E-state index contributed by atoms with van der Waals surface area (Å²) in [5, 5.41) is 3.99. The van der Waals surface area contributed by atoms with Gasteiger partial charge in [-0.05, 0) is 80.7 Å². The van der Waals surface area contributed by atoms with Crippen LogP contribution in [-0.2, 0) is 4.74 Å². The van der Waals surface area contributed by atoms with Crippen LogP contribution in [0.1, 0.15) is 47.7 Å². The summed E-state index contributed by atoms with van der Waals surface area (Å²) in [6, 6.07) is 24.1. The van der Waals surface area contributed by atoms with Gasteiger partial charge in [0.15, 0.2) is 5.11 Å². The lowest BCUT2D eigenvalue weighted by Gasteiger charge is -2.26. The molecule has 4 aromatic rings.